The van der Waals surface area contributed by atoms with Gasteiger partial charge in [0.1, 0.15) is 5.75 Å². The van der Waals surface area contributed by atoms with Gasteiger partial charge in [0.15, 0.2) is 6.10 Å². The van der Waals surface area contributed by atoms with Gasteiger partial charge in [-0.05, 0) is 74.4 Å². The molecule has 0 saturated carbocycles. The lowest BCUT2D eigenvalue weighted by molar-refractivity contribution is -0.122. The fraction of sp³-hybridized carbons (Fsp3) is 0.174. The number of hydrogen-bond acceptors (Lipinski definition) is 3. The number of nitrogens with one attached hydrogen (secondary N) is 1. The molecule has 27 heavy (non-hydrogen) atoms. The van der Waals surface area contributed by atoms with Gasteiger partial charge in [-0.25, -0.2) is 0 Å². The summed E-state index contributed by atoms with van der Waals surface area (Å²) in [4.78, 5) is 14.7. The van der Waals surface area contributed by atoms with E-state index in [0.717, 1.165) is 10.6 Å². The van der Waals surface area contributed by atoms with E-state index in [1.54, 1.807) is 18.7 Å². The summed E-state index contributed by atoms with van der Waals surface area (Å²) in [5.74, 6) is 0.509. The van der Waals surface area contributed by atoms with Crippen LogP contribution in [0.5, 0.6) is 5.75 Å². The Balaban J connectivity index is 1.60. The number of benzene rings is 3. The van der Waals surface area contributed by atoms with E-state index in [0.29, 0.717) is 5.75 Å². The van der Waals surface area contributed by atoms with Crippen LogP contribution >= 0.6 is 11.8 Å². The maximum absolute atomic E-state index is 12.3. The molecule has 3 aromatic rings. The number of aryl methyl sites for hydroxylation is 2. The Morgan fingerprint density at radius 1 is 0.963 bits per heavy atom. The number of carbonyl (C=O) groups is 1. The van der Waals surface area contributed by atoms with Gasteiger partial charge in [-0.1, -0.05) is 42.1 Å². The molecule has 0 aliphatic heterocycles. The molecule has 138 valence electrons. The van der Waals surface area contributed by atoms with Crippen LogP contribution in [0.15, 0.2) is 82.6 Å². The first-order chi connectivity index (χ1) is 13.0. The van der Waals surface area contributed by atoms with Crippen molar-refractivity contribution >= 4 is 23.4 Å². The van der Waals surface area contributed by atoms with Crippen molar-refractivity contribution in [2.45, 2.75) is 36.7 Å². The standard InChI is InChI=1S/C23H23NO2S/c1-16-9-10-17(2)22(15-16)27-21-13-11-19(12-14-21)24-23(25)18(3)26-20-7-5-4-6-8-20/h4-15,18H,1-3H3,(H,24,25)/t18-/m0/s1. The normalized spacial score (nSPS) is 11.7. The number of carbonyl (C=O) groups excluding carboxylic acids is 1. The van der Waals surface area contributed by atoms with Gasteiger partial charge in [0, 0.05) is 15.5 Å². The Kier molecular flexibility index (Phi) is 6.20. The smallest absolute Gasteiger partial charge is 0.265 e. The third-order valence-electron chi connectivity index (χ3n) is 4.12. The summed E-state index contributed by atoms with van der Waals surface area (Å²) in [6.45, 7) is 5.96. The minimum Gasteiger partial charge on any atom is -0.481 e. The number of para-hydroxylation sites is 1. The fourth-order valence-electron chi connectivity index (χ4n) is 2.55. The zero-order valence-corrected chi connectivity index (χ0v) is 16.5. The van der Waals surface area contributed by atoms with E-state index in [2.05, 4.69) is 37.4 Å². The molecule has 1 amide bonds. The highest BCUT2D eigenvalue weighted by atomic mass is 32.2. The van der Waals surface area contributed by atoms with Gasteiger partial charge in [0.2, 0.25) is 0 Å². The Bertz CT molecular complexity index is 907. The third kappa shape index (κ3) is 5.38. The van der Waals surface area contributed by atoms with Crippen molar-refractivity contribution in [3.05, 3.63) is 83.9 Å². The molecular weight excluding hydrogens is 354 g/mol. The molecule has 0 saturated heterocycles. The van der Waals surface area contributed by atoms with Crippen molar-refractivity contribution in [1.82, 2.24) is 0 Å². The lowest BCUT2D eigenvalue weighted by Gasteiger charge is -2.15. The van der Waals surface area contributed by atoms with Crippen LogP contribution in [0.1, 0.15) is 18.1 Å². The van der Waals surface area contributed by atoms with Crippen LogP contribution in [0.3, 0.4) is 0 Å². The van der Waals surface area contributed by atoms with Crippen LogP contribution in [-0.2, 0) is 4.79 Å². The van der Waals surface area contributed by atoms with Crippen LogP contribution in [0.4, 0.5) is 5.69 Å². The quantitative estimate of drug-likeness (QED) is 0.585. The largest absolute Gasteiger partial charge is 0.481 e. The molecule has 0 heterocycles. The zero-order valence-electron chi connectivity index (χ0n) is 15.7. The summed E-state index contributed by atoms with van der Waals surface area (Å²) >= 11 is 1.73. The lowest BCUT2D eigenvalue weighted by atomic mass is 10.2. The van der Waals surface area contributed by atoms with Crippen LogP contribution in [0, 0.1) is 13.8 Å². The molecule has 3 aromatic carbocycles. The first-order valence-electron chi connectivity index (χ1n) is 8.89. The van der Waals surface area contributed by atoms with Crippen LogP contribution in [-0.4, -0.2) is 12.0 Å². The highest BCUT2D eigenvalue weighted by Crippen LogP contribution is 2.31. The van der Waals surface area contributed by atoms with Crippen molar-refractivity contribution < 1.29 is 9.53 Å². The molecule has 4 heteroatoms. The van der Waals surface area contributed by atoms with Crippen molar-refractivity contribution in [2.24, 2.45) is 0 Å². The first kappa shape index (κ1) is 19.1. The monoisotopic (exact) mass is 377 g/mol. The molecule has 1 N–H and O–H groups in total. The molecule has 0 spiro atoms. The van der Waals surface area contributed by atoms with Crippen molar-refractivity contribution in [2.75, 3.05) is 5.32 Å². The predicted molar refractivity (Wildman–Crippen MR) is 112 cm³/mol. The highest BCUT2D eigenvalue weighted by molar-refractivity contribution is 7.99. The summed E-state index contributed by atoms with van der Waals surface area (Å²) in [7, 11) is 0. The van der Waals surface area contributed by atoms with Gasteiger partial charge in [-0.15, -0.1) is 0 Å². The second-order valence-electron chi connectivity index (χ2n) is 6.46. The van der Waals surface area contributed by atoms with Crippen LogP contribution in [0.25, 0.3) is 0 Å². The van der Waals surface area contributed by atoms with Crippen molar-refractivity contribution in [3.8, 4) is 5.75 Å². The SMILES string of the molecule is Cc1ccc(C)c(Sc2ccc(NC(=O)[C@H](C)Oc3ccccc3)cc2)c1. The summed E-state index contributed by atoms with van der Waals surface area (Å²) in [6.07, 6.45) is -0.573. The summed E-state index contributed by atoms with van der Waals surface area (Å²) < 4.78 is 5.66. The zero-order chi connectivity index (χ0) is 19.2. The molecule has 0 unspecified atom stereocenters. The number of ether oxygens (including phenoxy) is 1. The van der Waals surface area contributed by atoms with Gasteiger partial charge in [-0.2, -0.15) is 0 Å². The minimum absolute atomic E-state index is 0.172. The van der Waals surface area contributed by atoms with Gasteiger partial charge in [0.05, 0.1) is 0 Å². The number of rotatable bonds is 6. The molecule has 0 fully saturated rings. The molecule has 0 aliphatic carbocycles. The Hall–Kier alpha value is -2.72. The molecular formula is C23H23NO2S. The average molecular weight is 378 g/mol. The molecule has 0 aliphatic rings. The molecule has 0 bridgehead atoms. The number of anilines is 1. The van der Waals surface area contributed by atoms with Gasteiger partial charge in [0.25, 0.3) is 5.91 Å². The number of hydrogen-bond donors (Lipinski definition) is 1. The van der Waals surface area contributed by atoms with E-state index in [9.17, 15) is 4.79 Å². The van der Waals surface area contributed by atoms with E-state index >= 15 is 0 Å². The molecule has 0 aromatic heterocycles. The Morgan fingerprint density at radius 2 is 1.67 bits per heavy atom. The second kappa shape index (κ2) is 8.78. The lowest BCUT2D eigenvalue weighted by Crippen LogP contribution is -2.30. The molecule has 3 rings (SSSR count). The topological polar surface area (TPSA) is 38.3 Å². The number of amides is 1. The van der Waals surface area contributed by atoms with Gasteiger partial charge in [-0.3, -0.25) is 4.79 Å². The summed E-state index contributed by atoms with van der Waals surface area (Å²) in [5, 5.41) is 2.90. The minimum atomic E-state index is -0.573. The fourth-order valence-corrected chi connectivity index (χ4v) is 3.55. The predicted octanol–water partition coefficient (Wildman–Crippen LogP) is 5.86. The van der Waals surface area contributed by atoms with Crippen molar-refractivity contribution in [3.63, 3.8) is 0 Å². The molecule has 3 nitrogen and oxygen atoms in total. The second-order valence-corrected chi connectivity index (χ2v) is 7.57. The van der Waals surface area contributed by atoms with Crippen molar-refractivity contribution in [1.29, 1.82) is 0 Å². The summed E-state index contributed by atoms with van der Waals surface area (Å²) in [5.41, 5.74) is 3.27. The highest BCUT2D eigenvalue weighted by Gasteiger charge is 2.14. The van der Waals surface area contributed by atoms with E-state index in [1.807, 2.05) is 54.6 Å². The average Bonchev–Trinajstić information content (AvgIpc) is 2.67. The van der Waals surface area contributed by atoms with E-state index < -0.39 is 6.10 Å². The van der Waals surface area contributed by atoms with E-state index in [-0.39, 0.29) is 5.91 Å². The van der Waals surface area contributed by atoms with E-state index in [1.165, 1.54) is 16.0 Å². The molecule has 1 atom stereocenters. The summed E-state index contributed by atoms with van der Waals surface area (Å²) in [6, 6.07) is 23.7. The Morgan fingerprint density at radius 3 is 2.37 bits per heavy atom. The molecule has 0 radical (unpaired) electrons. The van der Waals surface area contributed by atoms with Gasteiger partial charge >= 0.3 is 0 Å². The Labute approximate surface area is 164 Å². The first-order valence-corrected chi connectivity index (χ1v) is 9.70. The van der Waals surface area contributed by atoms with E-state index in [4.69, 9.17) is 4.74 Å². The third-order valence-corrected chi connectivity index (χ3v) is 5.29. The van der Waals surface area contributed by atoms with Crippen LogP contribution in [0.2, 0.25) is 0 Å². The maximum Gasteiger partial charge on any atom is 0.265 e. The maximum atomic E-state index is 12.3. The van der Waals surface area contributed by atoms with Crippen LogP contribution < -0.4 is 10.1 Å². The van der Waals surface area contributed by atoms with Gasteiger partial charge < -0.3 is 10.1 Å².